The molecule has 0 saturated heterocycles. The van der Waals surface area contributed by atoms with Crippen LogP contribution in [0, 0.1) is 0 Å². The standard InChI is InChI=1S/C20H24N6O3S/c1-2-8-26(9-3-10-27)14-11-13(19(29)24-12-4-6-23-7-5-12)15-16(21)17(18(22)28)30-20(15)25-14/h4-7,11,27H,2-3,8-10,21H2,1H3,(H2,22,28)(H,23,24,29). The monoisotopic (exact) mass is 428 g/mol. The zero-order valence-corrected chi connectivity index (χ0v) is 17.4. The molecule has 0 aliphatic rings. The highest BCUT2D eigenvalue weighted by Crippen LogP contribution is 2.37. The predicted molar refractivity (Wildman–Crippen MR) is 119 cm³/mol. The number of hydrogen-bond donors (Lipinski definition) is 4. The van der Waals surface area contributed by atoms with Crippen molar-refractivity contribution in [2.45, 2.75) is 19.8 Å². The minimum absolute atomic E-state index is 0.0512. The fourth-order valence-corrected chi connectivity index (χ4v) is 4.11. The van der Waals surface area contributed by atoms with E-state index in [-0.39, 0.29) is 23.1 Å². The summed E-state index contributed by atoms with van der Waals surface area (Å²) in [6, 6.07) is 5.01. The number of aliphatic hydroxyl groups excluding tert-OH is 1. The van der Waals surface area contributed by atoms with Crippen LogP contribution in [0.2, 0.25) is 0 Å². The molecule has 158 valence electrons. The first-order valence-corrected chi connectivity index (χ1v) is 10.4. The number of carbonyl (C=O) groups is 2. The second-order valence-electron chi connectivity index (χ2n) is 6.67. The van der Waals surface area contributed by atoms with Gasteiger partial charge in [-0.2, -0.15) is 0 Å². The summed E-state index contributed by atoms with van der Waals surface area (Å²) in [4.78, 5) is 36.1. The van der Waals surface area contributed by atoms with Crippen LogP contribution in [0.5, 0.6) is 0 Å². The van der Waals surface area contributed by atoms with Crippen molar-refractivity contribution < 1.29 is 14.7 Å². The molecule has 0 spiro atoms. The molecule has 3 rings (SSSR count). The summed E-state index contributed by atoms with van der Waals surface area (Å²) in [7, 11) is 0. The van der Waals surface area contributed by atoms with Gasteiger partial charge in [0.15, 0.2) is 0 Å². The average Bonchev–Trinajstić information content (AvgIpc) is 3.08. The molecule has 0 aromatic carbocycles. The lowest BCUT2D eigenvalue weighted by molar-refractivity contribution is 0.100. The van der Waals surface area contributed by atoms with Crippen LogP contribution in [0.1, 0.15) is 39.8 Å². The number of pyridine rings is 2. The van der Waals surface area contributed by atoms with Crippen LogP contribution in [0.15, 0.2) is 30.6 Å². The van der Waals surface area contributed by atoms with Crippen LogP contribution in [-0.2, 0) is 0 Å². The number of anilines is 3. The molecular formula is C20H24N6O3S. The number of fused-ring (bicyclic) bond motifs is 1. The molecule has 0 fully saturated rings. The molecule has 3 heterocycles. The van der Waals surface area contributed by atoms with Gasteiger partial charge in [0.25, 0.3) is 11.8 Å². The van der Waals surface area contributed by atoms with E-state index < -0.39 is 5.91 Å². The second kappa shape index (κ2) is 9.51. The van der Waals surface area contributed by atoms with Gasteiger partial charge in [0.2, 0.25) is 0 Å². The number of carbonyl (C=O) groups excluding carboxylic acids is 2. The first-order valence-electron chi connectivity index (χ1n) is 9.56. The zero-order valence-electron chi connectivity index (χ0n) is 16.6. The zero-order chi connectivity index (χ0) is 21.7. The van der Waals surface area contributed by atoms with Crippen LogP contribution in [-0.4, -0.2) is 46.6 Å². The maximum Gasteiger partial charge on any atom is 0.260 e. The number of thiophene rings is 1. The van der Waals surface area contributed by atoms with Gasteiger partial charge in [-0.05, 0) is 31.0 Å². The van der Waals surface area contributed by atoms with E-state index in [1.54, 1.807) is 30.6 Å². The van der Waals surface area contributed by atoms with Crippen molar-refractivity contribution in [3.8, 4) is 0 Å². The van der Waals surface area contributed by atoms with Crippen molar-refractivity contribution in [1.82, 2.24) is 9.97 Å². The van der Waals surface area contributed by atoms with Crippen molar-refractivity contribution in [3.05, 3.63) is 41.0 Å². The molecule has 10 heteroatoms. The number of nitrogens with two attached hydrogens (primary N) is 2. The van der Waals surface area contributed by atoms with Gasteiger partial charge in [0.1, 0.15) is 15.5 Å². The summed E-state index contributed by atoms with van der Waals surface area (Å²) in [6.45, 7) is 3.37. The fraction of sp³-hybridized carbons (Fsp3) is 0.300. The SMILES string of the molecule is CCCN(CCCO)c1cc(C(=O)Nc2ccncc2)c2c(N)c(C(N)=O)sc2n1. The molecule has 30 heavy (non-hydrogen) atoms. The van der Waals surface area contributed by atoms with E-state index in [0.29, 0.717) is 46.8 Å². The van der Waals surface area contributed by atoms with Gasteiger partial charge in [-0.25, -0.2) is 4.98 Å². The Morgan fingerprint density at radius 1 is 1.27 bits per heavy atom. The maximum absolute atomic E-state index is 13.1. The van der Waals surface area contributed by atoms with E-state index in [1.807, 2.05) is 11.8 Å². The predicted octanol–water partition coefficient (Wildman–Crippen LogP) is 2.22. The number of nitrogens with zero attached hydrogens (tertiary/aromatic N) is 3. The van der Waals surface area contributed by atoms with Gasteiger partial charge in [0, 0.05) is 43.2 Å². The van der Waals surface area contributed by atoms with Gasteiger partial charge in [-0.15, -0.1) is 11.3 Å². The third kappa shape index (κ3) is 4.50. The van der Waals surface area contributed by atoms with Gasteiger partial charge in [-0.3, -0.25) is 14.6 Å². The molecule has 0 saturated carbocycles. The Hall–Kier alpha value is -3.24. The Kier molecular flexibility index (Phi) is 6.80. The molecule has 3 aromatic heterocycles. The van der Waals surface area contributed by atoms with Crippen molar-refractivity contribution >= 4 is 50.6 Å². The molecule has 0 aliphatic heterocycles. The van der Waals surface area contributed by atoms with Crippen molar-refractivity contribution in [2.75, 3.05) is 35.6 Å². The van der Waals surface area contributed by atoms with Gasteiger partial charge >= 0.3 is 0 Å². The van der Waals surface area contributed by atoms with Crippen LogP contribution in [0.3, 0.4) is 0 Å². The highest BCUT2D eigenvalue weighted by atomic mass is 32.1. The maximum atomic E-state index is 13.1. The molecule has 0 aliphatic carbocycles. The number of hydrogen-bond acceptors (Lipinski definition) is 8. The van der Waals surface area contributed by atoms with Gasteiger partial charge < -0.3 is 26.8 Å². The summed E-state index contributed by atoms with van der Waals surface area (Å²) in [6.07, 6.45) is 4.58. The number of aliphatic hydroxyl groups is 1. The lowest BCUT2D eigenvalue weighted by Crippen LogP contribution is -2.27. The Bertz CT molecular complexity index is 1050. The molecule has 3 aromatic rings. The van der Waals surface area contributed by atoms with E-state index in [2.05, 4.69) is 15.3 Å². The van der Waals surface area contributed by atoms with Crippen LogP contribution >= 0.6 is 11.3 Å². The first kappa shape index (κ1) is 21.5. The largest absolute Gasteiger partial charge is 0.397 e. The van der Waals surface area contributed by atoms with E-state index in [9.17, 15) is 14.7 Å². The quantitative estimate of drug-likeness (QED) is 0.408. The lowest BCUT2D eigenvalue weighted by Gasteiger charge is -2.23. The Labute approximate surface area is 177 Å². The molecule has 0 atom stereocenters. The highest BCUT2D eigenvalue weighted by molar-refractivity contribution is 7.21. The normalized spacial score (nSPS) is 10.9. The Morgan fingerprint density at radius 3 is 2.63 bits per heavy atom. The molecular weight excluding hydrogens is 404 g/mol. The van der Waals surface area contributed by atoms with Crippen LogP contribution < -0.4 is 21.7 Å². The molecule has 9 nitrogen and oxygen atoms in total. The summed E-state index contributed by atoms with van der Waals surface area (Å²) in [5.41, 5.74) is 12.7. The molecule has 0 bridgehead atoms. The third-order valence-corrected chi connectivity index (χ3v) is 5.61. The first-order chi connectivity index (χ1) is 14.5. The van der Waals surface area contributed by atoms with E-state index in [4.69, 9.17) is 11.5 Å². The number of amides is 2. The summed E-state index contributed by atoms with van der Waals surface area (Å²) >= 11 is 1.07. The van der Waals surface area contributed by atoms with E-state index >= 15 is 0 Å². The smallest absolute Gasteiger partial charge is 0.260 e. The topological polar surface area (TPSA) is 147 Å². The van der Waals surface area contributed by atoms with Crippen molar-refractivity contribution in [2.24, 2.45) is 5.73 Å². The summed E-state index contributed by atoms with van der Waals surface area (Å²) in [5, 5.41) is 12.5. The third-order valence-electron chi connectivity index (χ3n) is 4.50. The number of nitrogen functional groups attached to an aromatic ring is 1. The van der Waals surface area contributed by atoms with Crippen molar-refractivity contribution in [1.29, 1.82) is 0 Å². The minimum atomic E-state index is -0.664. The number of aromatic nitrogens is 2. The molecule has 6 N–H and O–H groups in total. The Balaban J connectivity index is 2.13. The van der Waals surface area contributed by atoms with Crippen LogP contribution in [0.4, 0.5) is 17.2 Å². The van der Waals surface area contributed by atoms with Gasteiger partial charge in [-0.1, -0.05) is 6.92 Å². The van der Waals surface area contributed by atoms with Crippen LogP contribution in [0.25, 0.3) is 10.2 Å². The number of primary amides is 1. The average molecular weight is 429 g/mol. The van der Waals surface area contributed by atoms with Crippen molar-refractivity contribution in [3.63, 3.8) is 0 Å². The second-order valence-corrected chi connectivity index (χ2v) is 7.67. The summed E-state index contributed by atoms with van der Waals surface area (Å²) < 4.78 is 0. The lowest BCUT2D eigenvalue weighted by atomic mass is 10.1. The van der Waals surface area contributed by atoms with Gasteiger partial charge in [0.05, 0.1) is 11.3 Å². The highest BCUT2D eigenvalue weighted by Gasteiger charge is 2.23. The Morgan fingerprint density at radius 2 is 2.00 bits per heavy atom. The minimum Gasteiger partial charge on any atom is -0.397 e. The molecule has 0 radical (unpaired) electrons. The fourth-order valence-electron chi connectivity index (χ4n) is 3.14. The number of rotatable bonds is 9. The molecule has 0 unspecified atom stereocenters. The molecule has 2 amide bonds. The van der Waals surface area contributed by atoms with E-state index in [1.165, 1.54) is 0 Å². The summed E-state index contributed by atoms with van der Waals surface area (Å²) in [5.74, 6) is -0.466. The van der Waals surface area contributed by atoms with E-state index in [0.717, 1.165) is 17.8 Å². The number of nitrogens with one attached hydrogen (secondary N) is 1.